The molecule has 1 fully saturated rings. The fraction of sp³-hybridized carbons (Fsp3) is 0.462. The van der Waals surface area contributed by atoms with Crippen LogP contribution in [0.5, 0.6) is 0 Å². The highest BCUT2D eigenvalue weighted by atomic mass is 32.2. The molecule has 3 rings (SSSR count). The maximum absolute atomic E-state index is 13.2. The van der Waals surface area contributed by atoms with E-state index in [2.05, 4.69) is 4.98 Å². The summed E-state index contributed by atoms with van der Waals surface area (Å²) in [5.41, 5.74) is -0.110. The molecule has 0 amide bonds. The summed E-state index contributed by atoms with van der Waals surface area (Å²) >= 11 is 0. The standard InChI is InChI=1S/C26H31NO7S/c1-4-33-24(29)26(25(30)34-5-2)14-21(13-19-8-10-20(11-9-19)18(3)28)22(15-26)17-35(31,32)23-7-6-12-27-16-23/h6-12,16,21-22H,4-5,13-15,17H2,1-3H3. The van der Waals surface area contributed by atoms with Crippen molar-refractivity contribution < 1.29 is 32.3 Å². The highest BCUT2D eigenvalue weighted by Crippen LogP contribution is 2.49. The van der Waals surface area contributed by atoms with Gasteiger partial charge in [0.2, 0.25) is 0 Å². The van der Waals surface area contributed by atoms with Crippen LogP contribution >= 0.6 is 0 Å². The van der Waals surface area contributed by atoms with Gasteiger partial charge < -0.3 is 9.47 Å². The number of rotatable bonds is 10. The number of pyridine rings is 1. The summed E-state index contributed by atoms with van der Waals surface area (Å²) in [5.74, 6) is -2.47. The van der Waals surface area contributed by atoms with Crippen molar-refractivity contribution >= 4 is 27.6 Å². The number of esters is 2. The van der Waals surface area contributed by atoms with E-state index in [-0.39, 0.29) is 48.4 Å². The maximum atomic E-state index is 13.2. The molecule has 1 aliphatic carbocycles. The first-order valence-corrected chi connectivity index (χ1v) is 13.3. The molecule has 0 aliphatic heterocycles. The molecule has 8 nitrogen and oxygen atoms in total. The molecular weight excluding hydrogens is 470 g/mol. The van der Waals surface area contributed by atoms with Crippen molar-refractivity contribution in [2.45, 2.75) is 44.9 Å². The van der Waals surface area contributed by atoms with Gasteiger partial charge in [-0.2, -0.15) is 0 Å². The third-order valence-electron chi connectivity index (χ3n) is 6.51. The summed E-state index contributed by atoms with van der Waals surface area (Å²) in [4.78, 5) is 41.8. The van der Waals surface area contributed by atoms with Crippen molar-refractivity contribution in [1.29, 1.82) is 0 Å². The lowest BCUT2D eigenvalue weighted by Gasteiger charge is -2.24. The summed E-state index contributed by atoms with van der Waals surface area (Å²) in [5, 5.41) is 0. The lowest BCUT2D eigenvalue weighted by Crippen LogP contribution is -2.40. The van der Waals surface area contributed by atoms with Crippen molar-refractivity contribution in [2.24, 2.45) is 17.3 Å². The second-order valence-corrected chi connectivity index (χ2v) is 10.9. The van der Waals surface area contributed by atoms with Crippen LogP contribution in [0.1, 0.15) is 49.5 Å². The minimum atomic E-state index is -3.72. The van der Waals surface area contributed by atoms with Crippen molar-refractivity contribution in [2.75, 3.05) is 19.0 Å². The zero-order valence-corrected chi connectivity index (χ0v) is 21.0. The van der Waals surface area contributed by atoms with Gasteiger partial charge in [0.1, 0.15) is 0 Å². The summed E-state index contributed by atoms with van der Waals surface area (Å²) in [6, 6.07) is 10.1. The largest absolute Gasteiger partial charge is 0.465 e. The van der Waals surface area contributed by atoms with E-state index in [4.69, 9.17) is 9.47 Å². The first-order valence-electron chi connectivity index (χ1n) is 11.7. The van der Waals surface area contributed by atoms with E-state index in [1.165, 1.54) is 25.4 Å². The fourth-order valence-electron chi connectivity index (χ4n) is 4.79. The topological polar surface area (TPSA) is 117 Å². The minimum absolute atomic E-state index is 0.0142. The zero-order chi connectivity index (χ0) is 25.6. The third kappa shape index (κ3) is 5.96. The quantitative estimate of drug-likeness (QED) is 0.276. The van der Waals surface area contributed by atoms with Crippen LogP contribution in [0, 0.1) is 17.3 Å². The molecule has 1 heterocycles. The van der Waals surface area contributed by atoms with Crippen LogP contribution in [-0.2, 0) is 35.3 Å². The molecule has 2 aromatic rings. The second kappa shape index (κ2) is 11.1. The Hall–Kier alpha value is -3.07. The molecule has 0 spiro atoms. The molecule has 0 bridgehead atoms. The van der Waals surface area contributed by atoms with Crippen LogP contribution in [0.25, 0.3) is 0 Å². The van der Waals surface area contributed by atoms with E-state index in [1.807, 2.05) is 12.1 Å². The van der Waals surface area contributed by atoms with Crippen LogP contribution in [0.3, 0.4) is 0 Å². The van der Waals surface area contributed by atoms with Gasteiger partial charge in [-0.1, -0.05) is 24.3 Å². The fourth-order valence-corrected chi connectivity index (χ4v) is 6.44. The number of benzene rings is 1. The Morgan fingerprint density at radius 1 is 0.971 bits per heavy atom. The second-order valence-electron chi connectivity index (χ2n) is 8.88. The number of ether oxygens (including phenoxy) is 2. The normalized spacial score (nSPS) is 19.2. The number of aromatic nitrogens is 1. The van der Waals surface area contributed by atoms with Crippen LogP contribution in [0.4, 0.5) is 0 Å². The zero-order valence-electron chi connectivity index (χ0n) is 20.2. The van der Waals surface area contributed by atoms with Gasteiger partial charge in [-0.25, -0.2) is 8.42 Å². The van der Waals surface area contributed by atoms with Crippen LogP contribution < -0.4 is 0 Å². The Kier molecular flexibility index (Phi) is 8.43. The molecule has 1 aromatic heterocycles. The Labute approximate surface area is 206 Å². The number of nitrogens with zero attached hydrogens (tertiary/aromatic N) is 1. The van der Waals surface area contributed by atoms with Crippen LogP contribution in [-0.4, -0.2) is 50.1 Å². The van der Waals surface area contributed by atoms with Gasteiger partial charge in [-0.05, 0) is 69.6 Å². The van der Waals surface area contributed by atoms with E-state index in [9.17, 15) is 22.8 Å². The Morgan fingerprint density at radius 3 is 2.09 bits per heavy atom. The van der Waals surface area contributed by atoms with Crippen molar-refractivity contribution in [1.82, 2.24) is 4.98 Å². The van der Waals surface area contributed by atoms with Gasteiger partial charge in [0.25, 0.3) is 0 Å². The summed E-state index contributed by atoms with van der Waals surface area (Å²) < 4.78 is 36.9. The average molecular weight is 502 g/mol. The highest BCUT2D eigenvalue weighted by molar-refractivity contribution is 7.91. The third-order valence-corrected chi connectivity index (χ3v) is 8.33. The summed E-state index contributed by atoms with van der Waals surface area (Å²) in [6.45, 7) is 4.98. The number of sulfone groups is 1. The smallest absolute Gasteiger partial charge is 0.323 e. The lowest BCUT2D eigenvalue weighted by atomic mass is 9.84. The SMILES string of the molecule is CCOC(=O)C1(C(=O)OCC)CC(Cc2ccc(C(C)=O)cc2)C(CS(=O)(=O)c2cccnc2)C1. The summed E-state index contributed by atoms with van der Waals surface area (Å²) in [6.07, 6.45) is 3.36. The lowest BCUT2D eigenvalue weighted by molar-refractivity contribution is -0.172. The predicted octanol–water partition coefficient (Wildman–Crippen LogP) is 3.44. The number of hydrogen-bond donors (Lipinski definition) is 0. The van der Waals surface area contributed by atoms with Crippen molar-refractivity contribution in [3.8, 4) is 0 Å². The maximum Gasteiger partial charge on any atom is 0.323 e. The number of Topliss-reactive ketones (excluding diaryl/α,β-unsaturated/α-hetero) is 1. The Morgan fingerprint density at radius 2 is 1.57 bits per heavy atom. The highest BCUT2D eigenvalue weighted by Gasteiger charge is 2.58. The number of ketones is 1. The van der Waals surface area contributed by atoms with Crippen molar-refractivity contribution in [3.63, 3.8) is 0 Å². The van der Waals surface area contributed by atoms with Gasteiger partial charge in [0.15, 0.2) is 21.0 Å². The molecule has 0 radical (unpaired) electrons. The Balaban J connectivity index is 1.97. The molecule has 2 atom stereocenters. The Bertz CT molecular complexity index is 1140. The monoisotopic (exact) mass is 501 g/mol. The minimum Gasteiger partial charge on any atom is -0.465 e. The van der Waals surface area contributed by atoms with E-state index < -0.39 is 33.1 Å². The number of carbonyl (C=O) groups is 3. The van der Waals surface area contributed by atoms with Gasteiger partial charge in [0, 0.05) is 18.0 Å². The van der Waals surface area contributed by atoms with Gasteiger partial charge in [-0.3, -0.25) is 19.4 Å². The van der Waals surface area contributed by atoms with E-state index in [0.29, 0.717) is 12.0 Å². The first-order chi connectivity index (χ1) is 16.6. The van der Waals surface area contributed by atoms with E-state index >= 15 is 0 Å². The molecule has 188 valence electrons. The number of hydrogen-bond acceptors (Lipinski definition) is 8. The number of carbonyl (C=O) groups excluding carboxylic acids is 3. The molecule has 9 heteroatoms. The molecule has 1 aliphatic rings. The van der Waals surface area contributed by atoms with E-state index in [1.54, 1.807) is 32.0 Å². The first kappa shape index (κ1) is 26.5. The van der Waals surface area contributed by atoms with Crippen molar-refractivity contribution in [3.05, 3.63) is 59.9 Å². The molecule has 1 aromatic carbocycles. The molecule has 1 saturated carbocycles. The van der Waals surface area contributed by atoms with Crippen LogP contribution in [0.15, 0.2) is 53.7 Å². The molecule has 0 saturated heterocycles. The van der Waals surface area contributed by atoms with E-state index in [0.717, 1.165) is 5.56 Å². The average Bonchev–Trinajstić information content (AvgIpc) is 3.19. The molecule has 35 heavy (non-hydrogen) atoms. The van der Waals surface area contributed by atoms with Gasteiger partial charge in [-0.15, -0.1) is 0 Å². The molecule has 2 unspecified atom stereocenters. The summed E-state index contributed by atoms with van der Waals surface area (Å²) in [7, 11) is -3.72. The molecule has 0 N–H and O–H groups in total. The van der Waals surface area contributed by atoms with Gasteiger partial charge in [0.05, 0.1) is 23.9 Å². The predicted molar refractivity (Wildman–Crippen MR) is 128 cm³/mol. The van der Waals surface area contributed by atoms with Crippen LogP contribution in [0.2, 0.25) is 0 Å². The molecular formula is C26H31NO7S. The van der Waals surface area contributed by atoms with Gasteiger partial charge >= 0.3 is 11.9 Å².